The zero-order valence-corrected chi connectivity index (χ0v) is 19.7. The quantitative estimate of drug-likeness (QED) is 0.528. The third kappa shape index (κ3) is 8.46. The van der Waals surface area contributed by atoms with Crippen molar-refractivity contribution >= 4 is 23.4 Å². The van der Waals surface area contributed by atoms with Crippen LogP contribution in [0.1, 0.15) is 56.6 Å². The fourth-order valence-corrected chi connectivity index (χ4v) is 3.50. The van der Waals surface area contributed by atoms with Crippen molar-refractivity contribution in [2.45, 2.75) is 73.1 Å². The van der Waals surface area contributed by atoms with Crippen molar-refractivity contribution in [2.24, 2.45) is 10.9 Å². The fraction of sp³-hybridized carbons (Fsp3) is 0.750. The molecule has 0 radical (unpaired) electrons. The molecule has 8 heteroatoms. The first-order chi connectivity index (χ1) is 12.9. The zero-order valence-electron chi connectivity index (χ0n) is 18.8. The van der Waals surface area contributed by atoms with Gasteiger partial charge in [-0.15, -0.1) is 11.3 Å². The number of alkyl carbamates (subject to hydrolysis) is 1. The van der Waals surface area contributed by atoms with Gasteiger partial charge in [-0.2, -0.15) is 0 Å². The molecular formula is C20H37N5O2S. The lowest BCUT2D eigenvalue weighted by Gasteiger charge is -2.28. The molecule has 0 spiro atoms. The number of aliphatic imine (C=N–C) groups is 1. The van der Waals surface area contributed by atoms with Crippen molar-refractivity contribution in [1.82, 2.24) is 20.5 Å². The van der Waals surface area contributed by atoms with Crippen LogP contribution in [-0.4, -0.2) is 54.2 Å². The van der Waals surface area contributed by atoms with E-state index in [0.717, 1.165) is 29.6 Å². The van der Waals surface area contributed by atoms with E-state index in [1.165, 1.54) is 4.88 Å². The minimum absolute atomic E-state index is 0.0275. The zero-order chi connectivity index (χ0) is 21.5. The number of guanidine groups is 1. The number of hydrogen-bond donors (Lipinski definition) is 2. The number of aromatic nitrogens is 1. The summed E-state index contributed by atoms with van der Waals surface area (Å²) in [6.45, 7) is 15.3. The second-order valence-corrected chi connectivity index (χ2v) is 9.64. The van der Waals surface area contributed by atoms with Crippen LogP contribution in [0.4, 0.5) is 4.79 Å². The Labute approximate surface area is 174 Å². The summed E-state index contributed by atoms with van der Waals surface area (Å²) >= 11 is 1.70. The summed E-state index contributed by atoms with van der Waals surface area (Å²) in [5, 5.41) is 7.41. The van der Waals surface area contributed by atoms with E-state index >= 15 is 0 Å². The molecule has 1 atom stereocenters. The van der Waals surface area contributed by atoms with E-state index in [1.807, 2.05) is 34.7 Å². The van der Waals surface area contributed by atoms with Gasteiger partial charge in [0.15, 0.2) is 5.96 Å². The molecule has 0 aliphatic carbocycles. The molecule has 0 bridgehead atoms. The number of nitrogens with zero attached hydrogens (tertiary/aromatic N) is 3. The minimum atomic E-state index is -0.499. The Balaban J connectivity index is 2.56. The van der Waals surface area contributed by atoms with Gasteiger partial charge in [0, 0.05) is 31.6 Å². The highest BCUT2D eigenvalue weighted by Crippen LogP contribution is 2.16. The normalized spacial score (nSPS) is 13.4. The number of carbonyl (C=O) groups is 1. The van der Waals surface area contributed by atoms with Gasteiger partial charge < -0.3 is 20.3 Å². The van der Waals surface area contributed by atoms with Gasteiger partial charge in [-0.3, -0.25) is 4.99 Å². The average molecular weight is 412 g/mol. The van der Waals surface area contributed by atoms with Crippen molar-refractivity contribution in [1.29, 1.82) is 0 Å². The number of thiazole rings is 1. The molecule has 1 aromatic heterocycles. The number of hydrogen-bond acceptors (Lipinski definition) is 5. The summed E-state index contributed by atoms with van der Waals surface area (Å²) in [6.07, 6.45) is 0.426. The largest absolute Gasteiger partial charge is 0.444 e. The Hall–Kier alpha value is -1.83. The molecule has 1 aromatic rings. The molecule has 0 saturated heterocycles. The molecule has 7 nitrogen and oxygen atoms in total. The Morgan fingerprint density at radius 1 is 1.32 bits per heavy atom. The molecule has 0 aliphatic heterocycles. The van der Waals surface area contributed by atoms with Crippen molar-refractivity contribution in [3.63, 3.8) is 0 Å². The molecular weight excluding hydrogens is 374 g/mol. The summed E-state index contributed by atoms with van der Waals surface area (Å²) in [4.78, 5) is 24.3. The van der Waals surface area contributed by atoms with Crippen LogP contribution < -0.4 is 10.6 Å². The number of carbonyl (C=O) groups excluding carboxylic acids is 1. The molecule has 1 unspecified atom stereocenters. The third-order valence-corrected chi connectivity index (χ3v) is 5.40. The van der Waals surface area contributed by atoms with Crippen LogP contribution in [0.15, 0.2) is 4.99 Å². The maximum atomic E-state index is 12.1. The molecule has 28 heavy (non-hydrogen) atoms. The Kier molecular flexibility index (Phi) is 9.20. The average Bonchev–Trinajstić information content (AvgIpc) is 2.88. The van der Waals surface area contributed by atoms with E-state index in [0.29, 0.717) is 12.5 Å². The maximum absolute atomic E-state index is 12.1. The number of amides is 1. The minimum Gasteiger partial charge on any atom is -0.444 e. The molecule has 1 heterocycles. The monoisotopic (exact) mass is 411 g/mol. The van der Waals surface area contributed by atoms with Gasteiger partial charge in [0.2, 0.25) is 0 Å². The highest BCUT2D eigenvalue weighted by atomic mass is 32.1. The molecule has 160 valence electrons. The van der Waals surface area contributed by atoms with E-state index in [2.05, 4.69) is 46.3 Å². The molecule has 1 rings (SSSR count). The maximum Gasteiger partial charge on any atom is 0.407 e. The van der Waals surface area contributed by atoms with Crippen LogP contribution in [0.5, 0.6) is 0 Å². The first-order valence-corrected chi connectivity index (χ1v) is 10.6. The van der Waals surface area contributed by atoms with Gasteiger partial charge >= 0.3 is 6.09 Å². The van der Waals surface area contributed by atoms with Crippen LogP contribution in [0, 0.1) is 19.8 Å². The van der Waals surface area contributed by atoms with E-state index in [1.54, 1.807) is 18.4 Å². The number of nitrogens with one attached hydrogen (secondary N) is 2. The lowest BCUT2D eigenvalue weighted by atomic mass is 10.0. The molecule has 0 saturated carbocycles. The van der Waals surface area contributed by atoms with Crippen LogP contribution in [0.2, 0.25) is 0 Å². The topological polar surface area (TPSA) is 78.9 Å². The Bertz CT molecular complexity index is 645. The van der Waals surface area contributed by atoms with E-state index in [4.69, 9.17) is 4.74 Å². The lowest BCUT2D eigenvalue weighted by molar-refractivity contribution is 0.0486. The fourth-order valence-electron chi connectivity index (χ4n) is 2.62. The Morgan fingerprint density at radius 2 is 1.96 bits per heavy atom. The van der Waals surface area contributed by atoms with Gasteiger partial charge in [-0.25, -0.2) is 9.78 Å². The SMILES string of the molecule is CN=C(NCc1nc(C)c(C)s1)N(C)CCC(NC(=O)OC(C)(C)C)C(C)C. The van der Waals surface area contributed by atoms with Crippen LogP contribution in [0.3, 0.4) is 0 Å². The van der Waals surface area contributed by atoms with Gasteiger partial charge in [0.05, 0.1) is 12.2 Å². The van der Waals surface area contributed by atoms with E-state index < -0.39 is 5.60 Å². The second kappa shape index (κ2) is 10.6. The number of rotatable bonds is 7. The van der Waals surface area contributed by atoms with Crippen LogP contribution >= 0.6 is 11.3 Å². The standard InChI is InChI=1S/C20H37N5O2S/c1-13(2)16(24-19(26)27-20(5,6)7)10-11-25(9)18(21-8)22-12-17-23-14(3)15(4)28-17/h13,16H,10-12H2,1-9H3,(H,21,22)(H,24,26). The molecule has 2 N–H and O–H groups in total. The van der Waals surface area contributed by atoms with Crippen molar-refractivity contribution in [3.8, 4) is 0 Å². The van der Waals surface area contributed by atoms with Gasteiger partial charge in [0.1, 0.15) is 10.6 Å². The first-order valence-electron chi connectivity index (χ1n) is 9.77. The molecule has 0 fully saturated rings. The highest BCUT2D eigenvalue weighted by Gasteiger charge is 2.22. The molecule has 1 amide bonds. The second-order valence-electron chi connectivity index (χ2n) is 8.36. The third-order valence-electron chi connectivity index (χ3n) is 4.33. The summed E-state index contributed by atoms with van der Waals surface area (Å²) < 4.78 is 5.39. The van der Waals surface area contributed by atoms with Gasteiger partial charge in [0.25, 0.3) is 0 Å². The summed E-state index contributed by atoms with van der Waals surface area (Å²) in [5.41, 5.74) is 0.582. The first kappa shape index (κ1) is 24.2. The molecule has 0 aromatic carbocycles. The predicted molar refractivity (Wildman–Crippen MR) is 117 cm³/mol. The summed E-state index contributed by atoms with van der Waals surface area (Å²) in [7, 11) is 3.77. The van der Waals surface area contributed by atoms with E-state index in [9.17, 15) is 4.79 Å². The van der Waals surface area contributed by atoms with Crippen molar-refractivity contribution in [3.05, 3.63) is 15.6 Å². The smallest absolute Gasteiger partial charge is 0.407 e. The van der Waals surface area contributed by atoms with Crippen molar-refractivity contribution in [2.75, 3.05) is 20.6 Å². The van der Waals surface area contributed by atoms with E-state index in [-0.39, 0.29) is 12.1 Å². The summed E-state index contributed by atoms with van der Waals surface area (Å²) in [5.74, 6) is 1.11. The highest BCUT2D eigenvalue weighted by molar-refractivity contribution is 7.11. The van der Waals surface area contributed by atoms with Crippen LogP contribution in [-0.2, 0) is 11.3 Å². The predicted octanol–water partition coefficient (Wildman–Crippen LogP) is 3.71. The summed E-state index contributed by atoms with van der Waals surface area (Å²) in [6, 6.07) is 0.0275. The van der Waals surface area contributed by atoms with Crippen LogP contribution in [0.25, 0.3) is 0 Å². The Morgan fingerprint density at radius 3 is 2.43 bits per heavy atom. The number of ether oxygens (including phenoxy) is 1. The number of aryl methyl sites for hydroxylation is 2. The van der Waals surface area contributed by atoms with Crippen molar-refractivity contribution < 1.29 is 9.53 Å². The molecule has 0 aliphatic rings. The van der Waals surface area contributed by atoms with Gasteiger partial charge in [-0.1, -0.05) is 13.8 Å². The van der Waals surface area contributed by atoms with Gasteiger partial charge in [-0.05, 0) is 47.0 Å². The lowest BCUT2D eigenvalue weighted by Crippen LogP contribution is -2.45.